The van der Waals surface area contributed by atoms with Crippen molar-refractivity contribution < 1.29 is 17.9 Å². The van der Waals surface area contributed by atoms with Gasteiger partial charge in [-0.1, -0.05) is 12.1 Å². The van der Waals surface area contributed by atoms with Gasteiger partial charge >= 0.3 is 0 Å². The van der Waals surface area contributed by atoms with Gasteiger partial charge in [0.2, 0.25) is 10.0 Å². The minimum absolute atomic E-state index is 0.0657. The third kappa shape index (κ3) is 2.94. The van der Waals surface area contributed by atoms with Crippen molar-refractivity contribution in [3.63, 3.8) is 0 Å². The molecule has 1 aromatic heterocycles. The van der Waals surface area contributed by atoms with Crippen LogP contribution in [0.2, 0.25) is 0 Å². The van der Waals surface area contributed by atoms with E-state index in [-0.39, 0.29) is 23.0 Å². The molecular formula is C16H20N4O4S. The molecule has 2 heterocycles. The quantitative estimate of drug-likeness (QED) is 0.798. The molecule has 1 amide bonds. The van der Waals surface area contributed by atoms with Crippen LogP contribution in [0.25, 0.3) is 5.69 Å². The monoisotopic (exact) mass is 364 g/mol. The number of rotatable bonds is 4. The smallest absolute Gasteiger partial charge is 0.274 e. The molecular weight excluding hydrogens is 344 g/mol. The largest absolute Gasteiger partial charge is 0.383 e. The molecule has 0 unspecified atom stereocenters. The van der Waals surface area contributed by atoms with Crippen LogP contribution in [0.1, 0.15) is 16.2 Å². The summed E-state index contributed by atoms with van der Waals surface area (Å²) in [7, 11) is 1.10. The van der Waals surface area contributed by atoms with Crippen LogP contribution in [0.3, 0.4) is 0 Å². The number of fused-ring (bicyclic) bond motifs is 3. The molecule has 1 aromatic carbocycles. The number of hydrogen-bond acceptors (Lipinski definition) is 5. The highest BCUT2D eigenvalue weighted by atomic mass is 32.2. The summed E-state index contributed by atoms with van der Waals surface area (Å²) in [5.74, 6) is -0.268. The third-order valence-corrected chi connectivity index (χ3v) is 6.08. The number of imidazole rings is 1. The SMILES string of the molecule is COCCN(C)C(=O)c1ncn2c1CN(C)S(=O)(=O)c1ccccc1-2. The van der Waals surface area contributed by atoms with Crippen molar-refractivity contribution in [3.8, 4) is 5.69 Å². The van der Waals surface area contributed by atoms with Gasteiger partial charge in [0.25, 0.3) is 5.91 Å². The summed E-state index contributed by atoms with van der Waals surface area (Å²) in [5, 5.41) is 0. The van der Waals surface area contributed by atoms with Crippen LogP contribution in [0.15, 0.2) is 35.5 Å². The van der Waals surface area contributed by atoms with Crippen LogP contribution in [0.4, 0.5) is 0 Å². The number of sulfonamides is 1. The molecule has 8 nitrogen and oxygen atoms in total. The predicted molar refractivity (Wildman–Crippen MR) is 91.1 cm³/mol. The summed E-state index contributed by atoms with van der Waals surface area (Å²) >= 11 is 0. The maximum Gasteiger partial charge on any atom is 0.274 e. The molecule has 0 N–H and O–H groups in total. The van der Waals surface area contributed by atoms with E-state index in [4.69, 9.17) is 4.74 Å². The number of likely N-dealkylation sites (N-methyl/N-ethyl adjacent to an activating group) is 1. The second-order valence-corrected chi connectivity index (χ2v) is 7.87. The fraction of sp³-hybridized carbons (Fsp3) is 0.375. The predicted octanol–water partition coefficient (Wildman–Crippen LogP) is 0.725. The lowest BCUT2D eigenvalue weighted by Crippen LogP contribution is -2.32. The van der Waals surface area contributed by atoms with E-state index in [1.165, 1.54) is 22.6 Å². The molecule has 0 radical (unpaired) electrons. The van der Waals surface area contributed by atoms with Crippen LogP contribution >= 0.6 is 0 Å². The first-order valence-corrected chi connectivity index (χ1v) is 9.18. The van der Waals surface area contributed by atoms with E-state index in [1.54, 1.807) is 43.0 Å². The molecule has 0 spiro atoms. The molecule has 0 fully saturated rings. The van der Waals surface area contributed by atoms with Gasteiger partial charge in [0.15, 0.2) is 5.69 Å². The minimum Gasteiger partial charge on any atom is -0.383 e. The summed E-state index contributed by atoms with van der Waals surface area (Å²) in [6.45, 7) is 0.901. The molecule has 0 saturated heterocycles. The standard InChI is InChI=1S/C16H20N4O4S/c1-18(8-9-24-3)16(21)15-13-10-19(2)25(22,23)14-7-5-4-6-12(14)20(13)11-17-15/h4-7,11H,8-10H2,1-3H3. The molecule has 0 aliphatic carbocycles. The first-order chi connectivity index (χ1) is 11.9. The summed E-state index contributed by atoms with van der Waals surface area (Å²) in [5.41, 5.74) is 1.29. The van der Waals surface area contributed by atoms with Crippen LogP contribution in [-0.4, -0.2) is 67.4 Å². The van der Waals surface area contributed by atoms with E-state index in [0.717, 1.165) is 0 Å². The highest BCUT2D eigenvalue weighted by Crippen LogP contribution is 2.30. The van der Waals surface area contributed by atoms with Gasteiger partial charge in [-0.3, -0.25) is 9.36 Å². The highest BCUT2D eigenvalue weighted by Gasteiger charge is 2.33. The Labute approximate surface area is 146 Å². The van der Waals surface area contributed by atoms with E-state index < -0.39 is 10.0 Å². The van der Waals surface area contributed by atoms with Crippen LogP contribution in [0.5, 0.6) is 0 Å². The first kappa shape index (κ1) is 17.6. The zero-order valence-corrected chi connectivity index (χ0v) is 15.2. The zero-order chi connectivity index (χ0) is 18.2. The number of methoxy groups -OCH3 is 1. The number of carbonyl (C=O) groups excluding carboxylic acids is 1. The van der Waals surface area contributed by atoms with Crippen molar-refractivity contribution in [3.05, 3.63) is 42.0 Å². The van der Waals surface area contributed by atoms with Crippen molar-refractivity contribution >= 4 is 15.9 Å². The minimum atomic E-state index is -3.63. The highest BCUT2D eigenvalue weighted by molar-refractivity contribution is 7.89. The Balaban J connectivity index is 2.10. The van der Waals surface area contributed by atoms with Gasteiger partial charge in [0.05, 0.1) is 24.5 Å². The normalized spacial score (nSPS) is 16.0. The van der Waals surface area contributed by atoms with Gasteiger partial charge in [-0.05, 0) is 12.1 Å². The molecule has 0 saturated carbocycles. The number of ether oxygens (including phenoxy) is 1. The zero-order valence-electron chi connectivity index (χ0n) is 14.3. The average Bonchev–Trinajstić information content (AvgIpc) is 2.98. The lowest BCUT2D eigenvalue weighted by atomic mass is 10.2. The second-order valence-electron chi connectivity index (χ2n) is 5.86. The molecule has 9 heteroatoms. The first-order valence-electron chi connectivity index (χ1n) is 7.74. The maximum atomic E-state index is 12.7. The summed E-state index contributed by atoms with van der Waals surface area (Å²) in [6, 6.07) is 6.70. The summed E-state index contributed by atoms with van der Waals surface area (Å²) in [6.07, 6.45) is 1.50. The van der Waals surface area contributed by atoms with Gasteiger partial charge in [-0.25, -0.2) is 13.4 Å². The maximum absolute atomic E-state index is 12.7. The Kier molecular flexibility index (Phi) is 4.63. The number of aromatic nitrogens is 2. The van der Waals surface area contributed by atoms with Gasteiger partial charge in [-0.15, -0.1) is 0 Å². The number of benzene rings is 1. The molecule has 1 aliphatic rings. The molecule has 2 aromatic rings. The lowest BCUT2D eigenvalue weighted by molar-refractivity contribution is 0.0737. The van der Waals surface area contributed by atoms with Crippen molar-refractivity contribution in [2.45, 2.75) is 11.4 Å². The van der Waals surface area contributed by atoms with E-state index in [0.29, 0.717) is 24.5 Å². The van der Waals surface area contributed by atoms with Gasteiger partial charge in [0.1, 0.15) is 11.2 Å². The Bertz CT molecular complexity index is 907. The Hall–Kier alpha value is -2.23. The Morgan fingerprint density at radius 1 is 1.36 bits per heavy atom. The Morgan fingerprint density at radius 3 is 2.80 bits per heavy atom. The molecule has 25 heavy (non-hydrogen) atoms. The number of carbonyl (C=O) groups is 1. The molecule has 0 atom stereocenters. The van der Waals surface area contributed by atoms with Gasteiger partial charge in [0, 0.05) is 27.7 Å². The van der Waals surface area contributed by atoms with E-state index in [2.05, 4.69) is 4.98 Å². The van der Waals surface area contributed by atoms with Crippen molar-refractivity contribution in [1.82, 2.24) is 18.8 Å². The topological polar surface area (TPSA) is 84.7 Å². The molecule has 134 valence electrons. The third-order valence-electron chi connectivity index (χ3n) is 4.23. The van der Waals surface area contributed by atoms with Crippen molar-refractivity contribution in [1.29, 1.82) is 0 Å². The van der Waals surface area contributed by atoms with Crippen LogP contribution < -0.4 is 0 Å². The van der Waals surface area contributed by atoms with Gasteiger partial charge < -0.3 is 9.64 Å². The number of nitrogens with zero attached hydrogens (tertiary/aromatic N) is 4. The van der Waals surface area contributed by atoms with E-state index >= 15 is 0 Å². The number of amides is 1. The molecule has 3 rings (SSSR count). The fourth-order valence-electron chi connectivity index (χ4n) is 2.76. The average molecular weight is 364 g/mol. The summed E-state index contributed by atoms with van der Waals surface area (Å²) in [4.78, 5) is 18.7. The lowest BCUT2D eigenvalue weighted by Gasteiger charge is -2.17. The van der Waals surface area contributed by atoms with Crippen molar-refractivity contribution in [2.24, 2.45) is 0 Å². The van der Waals surface area contributed by atoms with E-state index in [1.807, 2.05) is 0 Å². The Morgan fingerprint density at radius 2 is 2.08 bits per heavy atom. The van der Waals surface area contributed by atoms with Gasteiger partial charge in [-0.2, -0.15) is 4.31 Å². The second kappa shape index (κ2) is 6.58. The van der Waals surface area contributed by atoms with E-state index in [9.17, 15) is 13.2 Å². The summed E-state index contributed by atoms with van der Waals surface area (Å²) < 4.78 is 33.4. The van der Waals surface area contributed by atoms with Crippen LogP contribution in [-0.2, 0) is 21.3 Å². The fourth-order valence-corrected chi connectivity index (χ4v) is 4.07. The number of para-hydroxylation sites is 1. The van der Waals surface area contributed by atoms with Crippen LogP contribution in [0, 0.1) is 0 Å². The molecule has 1 aliphatic heterocycles. The molecule has 0 bridgehead atoms. The number of hydrogen-bond donors (Lipinski definition) is 0. The van der Waals surface area contributed by atoms with Crippen molar-refractivity contribution in [2.75, 3.05) is 34.4 Å².